The predicted molar refractivity (Wildman–Crippen MR) is 80.6 cm³/mol. The first-order chi connectivity index (χ1) is 10.2. The van der Waals surface area contributed by atoms with Gasteiger partial charge >= 0.3 is 5.97 Å². The van der Waals surface area contributed by atoms with Crippen molar-refractivity contribution in [1.82, 2.24) is 5.32 Å². The highest BCUT2D eigenvalue weighted by atomic mass is 16.5. The monoisotopic (exact) mass is 289 g/mol. The van der Waals surface area contributed by atoms with Crippen molar-refractivity contribution in [1.29, 1.82) is 0 Å². The van der Waals surface area contributed by atoms with Gasteiger partial charge in [-0.3, -0.25) is 9.59 Å². The van der Waals surface area contributed by atoms with Gasteiger partial charge in [0.15, 0.2) is 0 Å². The minimum atomic E-state index is -0.142. The molecule has 0 radical (unpaired) electrons. The molecular formula is C17H23NO3. The summed E-state index contributed by atoms with van der Waals surface area (Å²) < 4.78 is 4.87. The standard InChI is InChI=1S/C17H23NO3/c1-21-17(20)15-10-6-5-9-14(15)12-18-16(19)11-13-7-3-2-4-8-13/h2-4,7-8,14-15H,5-6,9-12H2,1H3,(H,18,19). The fraction of sp³-hybridized carbons (Fsp3) is 0.529. The van der Waals surface area contributed by atoms with E-state index in [1.165, 1.54) is 7.11 Å². The molecule has 2 rings (SSSR count). The van der Waals surface area contributed by atoms with Crippen molar-refractivity contribution >= 4 is 11.9 Å². The molecule has 4 nitrogen and oxygen atoms in total. The number of hydrogen-bond acceptors (Lipinski definition) is 3. The SMILES string of the molecule is COC(=O)C1CCCCC1CNC(=O)Cc1ccccc1. The number of benzene rings is 1. The Labute approximate surface area is 125 Å². The topological polar surface area (TPSA) is 55.4 Å². The molecule has 0 aromatic heterocycles. The van der Waals surface area contributed by atoms with Crippen LogP contribution in [0.15, 0.2) is 30.3 Å². The van der Waals surface area contributed by atoms with Crippen LogP contribution in [0, 0.1) is 11.8 Å². The number of methoxy groups -OCH3 is 1. The molecule has 1 aliphatic rings. The first-order valence-corrected chi connectivity index (χ1v) is 7.59. The molecule has 1 aromatic rings. The van der Waals surface area contributed by atoms with Crippen molar-refractivity contribution < 1.29 is 14.3 Å². The van der Waals surface area contributed by atoms with Crippen molar-refractivity contribution in [2.24, 2.45) is 11.8 Å². The largest absolute Gasteiger partial charge is 0.469 e. The van der Waals surface area contributed by atoms with E-state index < -0.39 is 0 Å². The van der Waals surface area contributed by atoms with Gasteiger partial charge in [0, 0.05) is 6.54 Å². The third kappa shape index (κ3) is 4.59. The van der Waals surface area contributed by atoms with Gasteiger partial charge in [0.2, 0.25) is 5.91 Å². The van der Waals surface area contributed by atoms with E-state index in [4.69, 9.17) is 4.74 Å². The second-order valence-corrected chi connectivity index (χ2v) is 5.64. The molecular weight excluding hydrogens is 266 g/mol. The summed E-state index contributed by atoms with van der Waals surface area (Å²) in [7, 11) is 1.43. The van der Waals surface area contributed by atoms with E-state index in [0.717, 1.165) is 31.2 Å². The summed E-state index contributed by atoms with van der Waals surface area (Å²) in [6, 6.07) is 9.67. The molecule has 1 fully saturated rings. The van der Waals surface area contributed by atoms with Gasteiger partial charge in [0.25, 0.3) is 0 Å². The summed E-state index contributed by atoms with van der Waals surface area (Å²) >= 11 is 0. The van der Waals surface area contributed by atoms with Crippen LogP contribution in [0.5, 0.6) is 0 Å². The number of esters is 1. The van der Waals surface area contributed by atoms with Gasteiger partial charge in [-0.15, -0.1) is 0 Å². The van der Waals surface area contributed by atoms with Crippen molar-refractivity contribution in [3.05, 3.63) is 35.9 Å². The molecule has 1 saturated carbocycles. The second-order valence-electron chi connectivity index (χ2n) is 5.64. The van der Waals surface area contributed by atoms with Crippen LogP contribution in [-0.4, -0.2) is 25.5 Å². The van der Waals surface area contributed by atoms with E-state index in [-0.39, 0.29) is 23.7 Å². The Balaban J connectivity index is 1.83. The fourth-order valence-electron chi connectivity index (χ4n) is 3.00. The van der Waals surface area contributed by atoms with E-state index in [1.807, 2.05) is 30.3 Å². The summed E-state index contributed by atoms with van der Waals surface area (Å²) in [6.45, 7) is 0.561. The lowest BCUT2D eigenvalue weighted by atomic mass is 9.79. The molecule has 1 aromatic carbocycles. The summed E-state index contributed by atoms with van der Waals surface area (Å²) in [5.41, 5.74) is 1.00. The van der Waals surface area contributed by atoms with Crippen LogP contribution in [0.1, 0.15) is 31.2 Å². The van der Waals surface area contributed by atoms with Gasteiger partial charge in [-0.1, -0.05) is 43.2 Å². The van der Waals surface area contributed by atoms with Crippen molar-refractivity contribution in [2.75, 3.05) is 13.7 Å². The van der Waals surface area contributed by atoms with Crippen LogP contribution < -0.4 is 5.32 Å². The highest BCUT2D eigenvalue weighted by Crippen LogP contribution is 2.30. The highest BCUT2D eigenvalue weighted by molar-refractivity contribution is 5.78. The molecule has 1 amide bonds. The molecule has 1 aliphatic carbocycles. The maximum atomic E-state index is 12.0. The minimum absolute atomic E-state index is 0.00962. The number of hydrogen-bond donors (Lipinski definition) is 1. The van der Waals surface area contributed by atoms with Gasteiger partial charge < -0.3 is 10.1 Å². The summed E-state index contributed by atoms with van der Waals surface area (Å²) in [4.78, 5) is 23.8. The van der Waals surface area contributed by atoms with Crippen LogP contribution in [0.4, 0.5) is 0 Å². The smallest absolute Gasteiger partial charge is 0.309 e. The Bertz CT molecular complexity index is 472. The maximum absolute atomic E-state index is 12.0. The molecule has 0 bridgehead atoms. The zero-order valence-corrected chi connectivity index (χ0v) is 12.5. The molecule has 0 heterocycles. The Morgan fingerprint density at radius 3 is 2.62 bits per heavy atom. The molecule has 114 valence electrons. The summed E-state index contributed by atoms with van der Waals surface area (Å²) in [5, 5.41) is 2.96. The number of rotatable bonds is 5. The predicted octanol–water partition coefficient (Wildman–Crippen LogP) is 2.32. The first-order valence-electron chi connectivity index (χ1n) is 7.59. The molecule has 2 unspecified atom stereocenters. The minimum Gasteiger partial charge on any atom is -0.469 e. The lowest BCUT2D eigenvalue weighted by molar-refractivity contribution is -0.148. The zero-order chi connectivity index (χ0) is 15.1. The van der Waals surface area contributed by atoms with Crippen molar-refractivity contribution in [2.45, 2.75) is 32.1 Å². The van der Waals surface area contributed by atoms with E-state index in [0.29, 0.717) is 13.0 Å². The maximum Gasteiger partial charge on any atom is 0.309 e. The van der Waals surface area contributed by atoms with Gasteiger partial charge in [-0.25, -0.2) is 0 Å². The third-order valence-electron chi connectivity index (χ3n) is 4.18. The van der Waals surface area contributed by atoms with Gasteiger partial charge in [-0.05, 0) is 24.3 Å². The molecule has 21 heavy (non-hydrogen) atoms. The van der Waals surface area contributed by atoms with E-state index in [2.05, 4.69) is 5.32 Å². The number of carbonyl (C=O) groups excluding carboxylic acids is 2. The number of carbonyl (C=O) groups is 2. The van der Waals surface area contributed by atoms with Crippen molar-refractivity contribution in [3.8, 4) is 0 Å². The summed E-state index contributed by atoms with van der Waals surface area (Å²) in [6.07, 6.45) is 4.41. The van der Waals surface area contributed by atoms with Crippen LogP contribution in [0.3, 0.4) is 0 Å². The van der Waals surface area contributed by atoms with E-state index >= 15 is 0 Å². The lowest BCUT2D eigenvalue weighted by Gasteiger charge is -2.29. The average molecular weight is 289 g/mol. The van der Waals surface area contributed by atoms with E-state index in [1.54, 1.807) is 0 Å². The lowest BCUT2D eigenvalue weighted by Crippen LogP contribution is -2.38. The number of nitrogens with one attached hydrogen (secondary N) is 1. The first kappa shape index (κ1) is 15.5. The highest BCUT2D eigenvalue weighted by Gasteiger charge is 2.31. The Morgan fingerprint density at radius 2 is 1.90 bits per heavy atom. The van der Waals surface area contributed by atoms with Gasteiger partial charge in [0.05, 0.1) is 19.4 Å². The molecule has 0 saturated heterocycles. The zero-order valence-electron chi connectivity index (χ0n) is 12.5. The molecule has 1 N–H and O–H groups in total. The fourth-order valence-corrected chi connectivity index (χ4v) is 3.00. The molecule has 0 aliphatic heterocycles. The van der Waals surface area contributed by atoms with E-state index in [9.17, 15) is 9.59 Å². The molecule has 4 heteroatoms. The van der Waals surface area contributed by atoms with Gasteiger partial charge in [0.1, 0.15) is 0 Å². The van der Waals surface area contributed by atoms with Gasteiger partial charge in [-0.2, -0.15) is 0 Å². The van der Waals surface area contributed by atoms with Crippen LogP contribution in [-0.2, 0) is 20.7 Å². The Hall–Kier alpha value is -1.84. The van der Waals surface area contributed by atoms with Crippen LogP contribution in [0.25, 0.3) is 0 Å². The van der Waals surface area contributed by atoms with Crippen LogP contribution in [0.2, 0.25) is 0 Å². The Morgan fingerprint density at radius 1 is 1.19 bits per heavy atom. The normalized spacial score (nSPS) is 21.6. The Kier molecular flexibility index (Phi) is 5.78. The molecule has 2 atom stereocenters. The van der Waals surface area contributed by atoms with Crippen molar-refractivity contribution in [3.63, 3.8) is 0 Å². The number of ether oxygens (including phenoxy) is 1. The third-order valence-corrected chi connectivity index (χ3v) is 4.18. The quantitative estimate of drug-likeness (QED) is 0.846. The average Bonchev–Trinajstić information content (AvgIpc) is 2.53. The number of amides is 1. The molecule has 0 spiro atoms. The second kappa shape index (κ2) is 7.81. The van der Waals surface area contributed by atoms with Crippen LogP contribution >= 0.6 is 0 Å². The summed E-state index contributed by atoms with van der Waals surface area (Å²) in [5.74, 6) is -0.000837.